The molecule has 1 aromatic heterocycles. The number of ether oxygens (including phenoxy) is 1. The minimum atomic E-state index is 0.776. The molecular weight excluding hydrogens is 250 g/mol. The molecule has 0 bridgehead atoms. The molecule has 20 heavy (non-hydrogen) atoms. The number of anilines is 1. The fourth-order valence-electron chi connectivity index (χ4n) is 2.05. The van der Waals surface area contributed by atoms with Crippen LogP contribution in [0.15, 0.2) is 36.7 Å². The van der Waals surface area contributed by atoms with Gasteiger partial charge in [-0.15, -0.1) is 0 Å². The Balaban J connectivity index is 1.96. The lowest BCUT2D eigenvalue weighted by Crippen LogP contribution is -2.09. The van der Waals surface area contributed by atoms with Crippen molar-refractivity contribution in [3.8, 4) is 5.69 Å². The van der Waals surface area contributed by atoms with Crippen molar-refractivity contribution in [2.24, 2.45) is 0 Å². The molecule has 108 valence electrons. The first kappa shape index (κ1) is 14.6. The summed E-state index contributed by atoms with van der Waals surface area (Å²) < 4.78 is 7.40. The van der Waals surface area contributed by atoms with E-state index >= 15 is 0 Å². The molecule has 0 aliphatic heterocycles. The van der Waals surface area contributed by atoms with Crippen LogP contribution in [0, 0.1) is 0 Å². The molecule has 1 N–H and O–H groups in total. The maximum Gasteiger partial charge on any atom is 0.207 e. The summed E-state index contributed by atoms with van der Waals surface area (Å²) >= 11 is 0. The summed E-state index contributed by atoms with van der Waals surface area (Å²) in [5.74, 6) is 0.880. The number of hydrogen-bond acceptors (Lipinski definition) is 3. The number of imidazole rings is 1. The Morgan fingerprint density at radius 3 is 2.70 bits per heavy atom. The molecule has 0 saturated carbocycles. The second kappa shape index (κ2) is 7.70. The molecule has 0 saturated heterocycles. The summed E-state index contributed by atoms with van der Waals surface area (Å²) in [4.78, 5) is 4.36. The van der Waals surface area contributed by atoms with Gasteiger partial charge >= 0.3 is 0 Å². The van der Waals surface area contributed by atoms with Crippen molar-refractivity contribution in [3.63, 3.8) is 0 Å². The van der Waals surface area contributed by atoms with Crippen LogP contribution in [-0.2, 0) is 11.2 Å². The van der Waals surface area contributed by atoms with E-state index in [2.05, 4.69) is 46.1 Å². The molecule has 2 rings (SSSR count). The molecule has 1 heterocycles. The third-order valence-electron chi connectivity index (χ3n) is 3.22. The van der Waals surface area contributed by atoms with Crippen LogP contribution in [-0.4, -0.2) is 29.3 Å². The summed E-state index contributed by atoms with van der Waals surface area (Å²) in [6.07, 6.45) is 5.84. The Bertz CT molecular complexity index is 505. The van der Waals surface area contributed by atoms with Gasteiger partial charge in [0.25, 0.3) is 0 Å². The summed E-state index contributed by atoms with van der Waals surface area (Å²) in [7, 11) is 0. The Morgan fingerprint density at radius 2 is 2.00 bits per heavy atom. The van der Waals surface area contributed by atoms with Crippen LogP contribution in [0.2, 0.25) is 0 Å². The van der Waals surface area contributed by atoms with Crippen LogP contribution in [0.3, 0.4) is 0 Å². The van der Waals surface area contributed by atoms with Crippen molar-refractivity contribution >= 4 is 5.95 Å². The summed E-state index contributed by atoms with van der Waals surface area (Å²) in [5.41, 5.74) is 2.48. The second-order valence-electron chi connectivity index (χ2n) is 4.62. The molecule has 4 nitrogen and oxygen atoms in total. The quantitative estimate of drug-likeness (QED) is 0.750. The van der Waals surface area contributed by atoms with Crippen molar-refractivity contribution in [3.05, 3.63) is 42.2 Å². The lowest BCUT2D eigenvalue weighted by molar-refractivity contribution is 0.147. The number of aromatic nitrogens is 2. The summed E-state index contributed by atoms with van der Waals surface area (Å²) in [5, 5.41) is 3.35. The minimum Gasteiger partial charge on any atom is -0.382 e. The van der Waals surface area contributed by atoms with Crippen molar-refractivity contribution in [1.29, 1.82) is 0 Å². The van der Waals surface area contributed by atoms with Crippen LogP contribution in [0.25, 0.3) is 5.69 Å². The second-order valence-corrected chi connectivity index (χ2v) is 4.62. The van der Waals surface area contributed by atoms with Crippen LogP contribution in [0.5, 0.6) is 0 Å². The third-order valence-corrected chi connectivity index (χ3v) is 3.22. The minimum absolute atomic E-state index is 0.776. The number of aryl methyl sites for hydroxylation is 1. The van der Waals surface area contributed by atoms with E-state index in [9.17, 15) is 0 Å². The normalized spacial score (nSPS) is 10.7. The van der Waals surface area contributed by atoms with Crippen molar-refractivity contribution in [2.45, 2.75) is 26.7 Å². The largest absolute Gasteiger partial charge is 0.382 e. The van der Waals surface area contributed by atoms with Crippen LogP contribution >= 0.6 is 0 Å². The maximum atomic E-state index is 5.33. The monoisotopic (exact) mass is 273 g/mol. The lowest BCUT2D eigenvalue weighted by Gasteiger charge is -2.10. The topological polar surface area (TPSA) is 39.1 Å². The summed E-state index contributed by atoms with van der Waals surface area (Å²) in [6, 6.07) is 8.58. The van der Waals surface area contributed by atoms with Gasteiger partial charge < -0.3 is 10.1 Å². The van der Waals surface area contributed by atoms with Gasteiger partial charge in [0.2, 0.25) is 5.95 Å². The molecule has 0 atom stereocenters. The molecule has 0 aliphatic carbocycles. The van der Waals surface area contributed by atoms with Gasteiger partial charge in [0, 0.05) is 37.8 Å². The first-order valence-corrected chi connectivity index (χ1v) is 7.29. The molecule has 0 aliphatic rings. The zero-order valence-corrected chi connectivity index (χ0v) is 12.3. The van der Waals surface area contributed by atoms with Gasteiger partial charge in [-0.05, 0) is 37.5 Å². The van der Waals surface area contributed by atoms with E-state index in [0.717, 1.165) is 44.2 Å². The highest BCUT2D eigenvalue weighted by Crippen LogP contribution is 2.15. The van der Waals surface area contributed by atoms with E-state index in [1.54, 1.807) is 0 Å². The molecule has 4 heteroatoms. The molecule has 0 spiro atoms. The van der Waals surface area contributed by atoms with Crippen LogP contribution in [0.1, 0.15) is 25.8 Å². The average Bonchev–Trinajstić information content (AvgIpc) is 2.95. The Labute approximate surface area is 120 Å². The van der Waals surface area contributed by atoms with E-state index in [4.69, 9.17) is 4.74 Å². The standard InChI is InChI=1S/C16H23N3O/c1-3-14-6-8-15(9-7-14)19-12-11-18-16(19)17-10-5-13-20-4-2/h6-9,11-12H,3-5,10,13H2,1-2H3,(H,17,18). The number of hydrogen-bond donors (Lipinski definition) is 1. The number of nitrogens with zero attached hydrogens (tertiary/aromatic N) is 2. The molecular formula is C16H23N3O. The fraction of sp³-hybridized carbons (Fsp3) is 0.438. The van der Waals surface area contributed by atoms with E-state index in [1.807, 2.05) is 19.3 Å². The van der Waals surface area contributed by atoms with Gasteiger partial charge in [0.05, 0.1) is 0 Å². The van der Waals surface area contributed by atoms with Crippen LogP contribution in [0.4, 0.5) is 5.95 Å². The highest BCUT2D eigenvalue weighted by atomic mass is 16.5. The Morgan fingerprint density at radius 1 is 1.20 bits per heavy atom. The Kier molecular flexibility index (Phi) is 5.62. The molecule has 0 amide bonds. The molecule has 2 aromatic rings. The van der Waals surface area contributed by atoms with E-state index in [-0.39, 0.29) is 0 Å². The highest BCUT2D eigenvalue weighted by molar-refractivity contribution is 5.42. The van der Waals surface area contributed by atoms with Gasteiger partial charge in [-0.2, -0.15) is 0 Å². The maximum absolute atomic E-state index is 5.33. The number of benzene rings is 1. The van der Waals surface area contributed by atoms with Crippen molar-refractivity contribution in [1.82, 2.24) is 9.55 Å². The zero-order valence-electron chi connectivity index (χ0n) is 12.3. The van der Waals surface area contributed by atoms with Gasteiger partial charge in [0.15, 0.2) is 0 Å². The van der Waals surface area contributed by atoms with Crippen molar-refractivity contribution < 1.29 is 4.74 Å². The van der Waals surface area contributed by atoms with Crippen LogP contribution < -0.4 is 5.32 Å². The Hall–Kier alpha value is -1.81. The van der Waals surface area contributed by atoms with E-state index < -0.39 is 0 Å². The SMILES string of the molecule is CCOCCCNc1nccn1-c1ccc(CC)cc1. The predicted molar refractivity (Wildman–Crippen MR) is 82.5 cm³/mol. The predicted octanol–water partition coefficient (Wildman–Crippen LogP) is 3.27. The van der Waals surface area contributed by atoms with Crippen molar-refractivity contribution in [2.75, 3.05) is 25.1 Å². The summed E-state index contributed by atoms with van der Waals surface area (Å²) in [6.45, 7) is 6.61. The number of rotatable bonds is 8. The van der Waals surface area contributed by atoms with E-state index in [1.165, 1.54) is 5.56 Å². The molecule has 1 aromatic carbocycles. The molecule has 0 fully saturated rings. The first-order chi connectivity index (χ1) is 9.85. The van der Waals surface area contributed by atoms with E-state index in [0.29, 0.717) is 0 Å². The zero-order chi connectivity index (χ0) is 14.2. The average molecular weight is 273 g/mol. The highest BCUT2D eigenvalue weighted by Gasteiger charge is 2.04. The smallest absolute Gasteiger partial charge is 0.207 e. The number of nitrogens with one attached hydrogen (secondary N) is 1. The van der Waals surface area contributed by atoms with Gasteiger partial charge in [0.1, 0.15) is 0 Å². The lowest BCUT2D eigenvalue weighted by atomic mass is 10.1. The fourth-order valence-corrected chi connectivity index (χ4v) is 2.05. The van der Waals surface area contributed by atoms with Gasteiger partial charge in [-0.25, -0.2) is 4.98 Å². The van der Waals surface area contributed by atoms with Gasteiger partial charge in [-0.3, -0.25) is 4.57 Å². The first-order valence-electron chi connectivity index (χ1n) is 7.29. The van der Waals surface area contributed by atoms with Gasteiger partial charge in [-0.1, -0.05) is 19.1 Å². The molecule has 0 unspecified atom stereocenters. The third kappa shape index (κ3) is 3.84. The molecule has 0 radical (unpaired) electrons.